The Morgan fingerprint density at radius 3 is 2.83 bits per heavy atom. The van der Waals surface area contributed by atoms with E-state index in [4.69, 9.17) is 5.73 Å². The Bertz CT molecular complexity index is 795. The highest BCUT2D eigenvalue weighted by Gasteiger charge is 2.22. The fourth-order valence-electron chi connectivity index (χ4n) is 2.17. The average molecular weight is 329 g/mol. The van der Waals surface area contributed by atoms with Gasteiger partial charge in [0, 0.05) is 11.8 Å². The van der Waals surface area contributed by atoms with E-state index >= 15 is 0 Å². The van der Waals surface area contributed by atoms with Crippen LogP contribution in [0.15, 0.2) is 35.5 Å². The van der Waals surface area contributed by atoms with Crippen LogP contribution in [0, 0.1) is 6.92 Å². The summed E-state index contributed by atoms with van der Waals surface area (Å²) in [4.78, 5) is 23.4. The first-order valence-corrected chi connectivity index (χ1v) is 7.95. The van der Waals surface area contributed by atoms with E-state index in [-0.39, 0.29) is 29.7 Å². The Kier molecular flexibility index (Phi) is 4.16. The number of thioether (sulfide) groups is 1. The molecule has 0 saturated carbocycles. The lowest BCUT2D eigenvalue weighted by molar-refractivity contribution is -0.114. The van der Waals surface area contributed by atoms with Crippen LogP contribution in [0.4, 0.5) is 5.69 Å². The summed E-state index contributed by atoms with van der Waals surface area (Å²) < 4.78 is 1.60. The molecule has 1 aliphatic rings. The number of hydrogen-bond donors (Lipinski definition) is 2. The molecule has 1 aromatic carbocycles. The maximum atomic E-state index is 12.0. The molecule has 1 aliphatic heterocycles. The Hall–Kier alpha value is -2.61. The van der Waals surface area contributed by atoms with Crippen LogP contribution in [-0.2, 0) is 16.0 Å². The van der Waals surface area contributed by atoms with Crippen LogP contribution < -0.4 is 11.1 Å². The molecule has 1 aromatic heterocycles. The molecular weight excluding hydrogens is 314 g/mol. The lowest BCUT2D eigenvalue weighted by Gasteiger charge is -2.13. The van der Waals surface area contributed by atoms with Crippen molar-refractivity contribution < 1.29 is 9.59 Å². The standard InChI is InChI=1S/C15H15N5O2S/c1-9-2-4-10(5-3-9)17-14(22)8-23-15-19-18-13-7-11(21)6-12(16)20(13)15/h2-6H,7-8,16H2,1H3,(H,17,22). The molecule has 8 heteroatoms. The average Bonchev–Trinajstić information content (AvgIpc) is 2.91. The highest BCUT2D eigenvalue weighted by Crippen LogP contribution is 2.22. The quantitative estimate of drug-likeness (QED) is 0.817. The van der Waals surface area contributed by atoms with Crippen LogP contribution >= 0.6 is 11.8 Å². The van der Waals surface area contributed by atoms with Gasteiger partial charge in [-0.25, -0.2) is 0 Å². The maximum absolute atomic E-state index is 12.0. The number of nitrogens with zero attached hydrogens (tertiary/aromatic N) is 3. The van der Waals surface area contributed by atoms with E-state index in [0.29, 0.717) is 11.0 Å². The largest absolute Gasteiger partial charge is 0.385 e. The zero-order chi connectivity index (χ0) is 16.4. The molecule has 0 spiro atoms. The zero-order valence-electron chi connectivity index (χ0n) is 12.4. The number of hydrogen-bond acceptors (Lipinski definition) is 6. The van der Waals surface area contributed by atoms with Crippen molar-refractivity contribution in [2.45, 2.75) is 18.5 Å². The second-order valence-corrected chi connectivity index (χ2v) is 6.09. The highest BCUT2D eigenvalue weighted by atomic mass is 32.2. The Morgan fingerprint density at radius 1 is 1.35 bits per heavy atom. The summed E-state index contributed by atoms with van der Waals surface area (Å²) in [5, 5.41) is 11.3. The lowest BCUT2D eigenvalue weighted by atomic mass is 10.2. The number of amides is 1. The number of carbonyl (C=O) groups excluding carboxylic acids is 2. The minimum Gasteiger partial charge on any atom is -0.385 e. The molecule has 1 amide bonds. The van der Waals surface area contributed by atoms with Gasteiger partial charge >= 0.3 is 0 Å². The summed E-state index contributed by atoms with van der Waals surface area (Å²) >= 11 is 1.22. The molecule has 2 aromatic rings. The van der Waals surface area contributed by atoms with E-state index in [1.54, 1.807) is 4.57 Å². The van der Waals surface area contributed by atoms with Crippen molar-refractivity contribution in [3.63, 3.8) is 0 Å². The van der Waals surface area contributed by atoms with E-state index < -0.39 is 0 Å². The second-order valence-electron chi connectivity index (χ2n) is 5.15. The van der Waals surface area contributed by atoms with Gasteiger partial charge < -0.3 is 11.1 Å². The van der Waals surface area contributed by atoms with Gasteiger partial charge in [0.15, 0.2) is 10.9 Å². The van der Waals surface area contributed by atoms with E-state index in [2.05, 4.69) is 15.5 Å². The maximum Gasteiger partial charge on any atom is 0.234 e. The van der Waals surface area contributed by atoms with Gasteiger partial charge in [-0.2, -0.15) is 0 Å². The predicted octanol–water partition coefficient (Wildman–Crippen LogP) is 1.20. The third kappa shape index (κ3) is 3.42. The normalized spacial score (nSPS) is 13.4. The van der Waals surface area contributed by atoms with Crippen LogP contribution in [0.1, 0.15) is 11.4 Å². The number of ketones is 1. The molecule has 0 saturated heterocycles. The molecule has 0 aliphatic carbocycles. The van der Waals surface area contributed by atoms with Crippen molar-refractivity contribution in [2.75, 3.05) is 11.1 Å². The van der Waals surface area contributed by atoms with Crippen LogP contribution in [0.25, 0.3) is 5.82 Å². The highest BCUT2D eigenvalue weighted by molar-refractivity contribution is 7.99. The number of nitrogens with two attached hydrogens (primary N) is 1. The number of allylic oxidation sites excluding steroid dienone is 1. The first kappa shape index (κ1) is 15.3. The first-order valence-electron chi connectivity index (χ1n) is 6.97. The molecule has 0 unspecified atom stereocenters. The molecule has 0 radical (unpaired) electrons. The number of nitrogens with one attached hydrogen (secondary N) is 1. The van der Waals surface area contributed by atoms with Gasteiger partial charge in [-0.1, -0.05) is 29.5 Å². The molecule has 118 valence electrons. The fraction of sp³-hybridized carbons (Fsp3) is 0.200. The zero-order valence-corrected chi connectivity index (χ0v) is 13.3. The Labute approximate surface area is 137 Å². The van der Waals surface area contributed by atoms with E-state index in [9.17, 15) is 9.59 Å². The van der Waals surface area contributed by atoms with Crippen molar-refractivity contribution in [3.05, 3.63) is 41.7 Å². The number of aromatic nitrogens is 3. The minimum absolute atomic E-state index is 0.101. The third-order valence-electron chi connectivity index (χ3n) is 3.27. The summed E-state index contributed by atoms with van der Waals surface area (Å²) in [5.74, 6) is 0.702. The van der Waals surface area contributed by atoms with Gasteiger partial charge in [-0.3, -0.25) is 14.2 Å². The molecule has 0 atom stereocenters. The van der Waals surface area contributed by atoms with Crippen molar-refractivity contribution >= 4 is 35.0 Å². The summed E-state index contributed by atoms with van der Waals surface area (Å²) in [6.07, 6.45) is 1.52. The predicted molar refractivity (Wildman–Crippen MR) is 87.7 cm³/mol. The second kappa shape index (κ2) is 6.25. The van der Waals surface area contributed by atoms with Crippen molar-refractivity contribution in [2.24, 2.45) is 5.73 Å². The fourth-order valence-corrected chi connectivity index (χ4v) is 2.94. The SMILES string of the molecule is Cc1ccc(NC(=O)CSc2nnc3n2C(N)=CC(=O)C3)cc1. The molecule has 3 N–H and O–H groups in total. The van der Waals surface area contributed by atoms with Crippen molar-refractivity contribution in [1.82, 2.24) is 14.8 Å². The van der Waals surface area contributed by atoms with Gasteiger partial charge in [-0.15, -0.1) is 10.2 Å². The molecule has 0 fully saturated rings. The van der Waals surface area contributed by atoms with E-state index in [1.165, 1.54) is 17.8 Å². The van der Waals surface area contributed by atoms with Crippen LogP contribution in [-0.4, -0.2) is 32.2 Å². The molecule has 2 heterocycles. The van der Waals surface area contributed by atoms with Crippen molar-refractivity contribution in [3.8, 4) is 0 Å². The molecule has 7 nitrogen and oxygen atoms in total. The Morgan fingerprint density at radius 2 is 2.09 bits per heavy atom. The summed E-state index contributed by atoms with van der Waals surface area (Å²) in [5.41, 5.74) is 7.71. The van der Waals surface area contributed by atoms with Crippen LogP contribution in [0.5, 0.6) is 0 Å². The van der Waals surface area contributed by atoms with Gasteiger partial charge in [-0.05, 0) is 19.1 Å². The first-order chi connectivity index (χ1) is 11.0. The topological polar surface area (TPSA) is 103 Å². The third-order valence-corrected chi connectivity index (χ3v) is 4.20. The summed E-state index contributed by atoms with van der Waals surface area (Å²) in [6, 6.07) is 7.56. The minimum atomic E-state index is -0.148. The van der Waals surface area contributed by atoms with Gasteiger partial charge in [0.05, 0.1) is 12.2 Å². The van der Waals surface area contributed by atoms with Gasteiger partial charge in [0.1, 0.15) is 11.6 Å². The molecule has 23 heavy (non-hydrogen) atoms. The van der Waals surface area contributed by atoms with E-state index in [0.717, 1.165) is 11.3 Å². The van der Waals surface area contributed by atoms with Crippen LogP contribution in [0.2, 0.25) is 0 Å². The number of fused-ring (bicyclic) bond motifs is 1. The number of anilines is 1. The molecular formula is C15H15N5O2S. The van der Waals surface area contributed by atoms with E-state index in [1.807, 2.05) is 31.2 Å². The smallest absolute Gasteiger partial charge is 0.234 e. The molecule has 0 bridgehead atoms. The van der Waals surface area contributed by atoms with Gasteiger partial charge in [0.2, 0.25) is 5.91 Å². The number of aryl methyl sites for hydroxylation is 1. The lowest BCUT2D eigenvalue weighted by Crippen LogP contribution is -2.21. The number of carbonyl (C=O) groups is 2. The number of benzene rings is 1. The summed E-state index contributed by atoms with van der Waals surface area (Å²) in [7, 11) is 0. The number of rotatable bonds is 4. The summed E-state index contributed by atoms with van der Waals surface area (Å²) in [6.45, 7) is 1.98. The monoisotopic (exact) mass is 329 g/mol. The van der Waals surface area contributed by atoms with Gasteiger partial charge in [0.25, 0.3) is 0 Å². The van der Waals surface area contributed by atoms with Crippen LogP contribution in [0.3, 0.4) is 0 Å². The van der Waals surface area contributed by atoms with Crippen molar-refractivity contribution in [1.29, 1.82) is 0 Å². The Balaban J connectivity index is 1.64. The molecule has 3 rings (SSSR count).